The molecule has 1 aromatic carbocycles. The Labute approximate surface area is 150 Å². The summed E-state index contributed by atoms with van der Waals surface area (Å²) in [6, 6.07) is 6.15. The maximum atomic E-state index is 12.5. The van der Waals surface area contributed by atoms with E-state index in [4.69, 9.17) is 0 Å². The second kappa shape index (κ2) is 7.19. The fourth-order valence-electron chi connectivity index (χ4n) is 3.13. The second-order valence-corrected chi connectivity index (χ2v) is 7.20. The van der Waals surface area contributed by atoms with Crippen molar-refractivity contribution in [3.05, 3.63) is 46.9 Å². The molecule has 2 N–H and O–H groups in total. The van der Waals surface area contributed by atoms with E-state index in [1.165, 1.54) is 16.9 Å². The van der Waals surface area contributed by atoms with Gasteiger partial charge in [-0.1, -0.05) is 35.9 Å². The summed E-state index contributed by atoms with van der Waals surface area (Å²) in [5.41, 5.74) is 4.17. The Bertz CT molecular complexity index is 841. The number of allylic oxidation sites excluding steroid dienone is 2. The van der Waals surface area contributed by atoms with Crippen molar-refractivity contribution < 1.29 is 14.7 Å². The van der Waals surface area contributed by atoms with E-state index in [-0.39, 0.29) is 5.91 Å². The van der Waals surface area contributed by atoms with Crippen LogP contribution in [0.1, 0.15) is 24.0 Å². The van der Waals surface area contributed by atoms with Crippen molar-refractivity contribution in [2.24, 2.45) is 11.8 Å². The average molecular weight is 356 g/mol. The molecular weight excluding hydrogens is 336 g/mol. The Hall–Kier alpha value is -2.47. The summed E-state index contributed by atoms with van der Waals surface area (Å²) < 4.78 is 0. The molecule has 1 amide bonds. The predicted octanol–water partition coefficient (Wildman–Crippen LogP) is 4.03. The predicted molar refractivity (Wildman–Crippen MR) is 98.6 cm³/mol. The zero-order valence-corrected chi connectivity index (χ0v) is 15.0. The number of nitrogens with one attached hydrogen (secondary N) is 1. The standard InChI is InChI=1S/C19H20N2O3S/c1-11-7-8-13(12(2)9-11)16-10-25-19(20-16)21-17(22)14-5-3-4-6-15(14)18(23)24/h3-4,7-10,14-15H,5-6H2,1-2H3,(H,23,24)(H,20,21,22). The zero-order valence-electron chi connectivity index (χ0n) is 14.2. The highest BCUT2D eigenvalue weighted by Gasteiger charge is 2.34. The number of hydrogen-bond donors (Lipinski definition) is 2. The van der Waals surface area contributed by atoms with Gasteiger partial charge >= 0.3 is 5.97 Å². The lowest BCUT2D eigenvalue weighted by Crippen LogP contribution is -2.34. The van der Waals surface area contributed by atoms with Crippen molar-refractivity contribution in [3.63, 3.8) is 0 Å². The van der Waals surface area contributed by atoms with Crippen molar-refractivity contribution in [1.29, 1.82) is 0 Å². The molecule has 0 saturated carbocycles. The molecule has 0 radical (unpaired) electrons. The van der Waals surface area contributed by atoms with Gasteiger partial charge in [0.1, 0.15) is 0 Å². The number of aromatic nitrogens is 1. The number of nitrogens with zero attached hydrogens (tertiary/aromatic N) is 1. The summed E-state index contributed by atoms with van der Waals surface area (Å²) in [7, 11) is 0. The van der Waals surface area contributed by atoms with Crippen LogP contribution in [0.4, 0.5) is 5.13 Å². The van der Waals surface area contributed by atoms with E-state index in [1.54, 1.807) is 0 Å². The topological polar surface area (TPSA) is 79.3 Å². The number of rotatable bonds is 4. The molecular formula is C19H20N2O3S. The minimum Gasteiger partial charge on any atom is -0.481 e. The summed E-state index contributed by atoms with van der Waals surface area (Å²) in [5, 5.41) is 14.5. The van der Waals surface area contributed by atoms with Gasteiger partial charge in [-0.05, 0) is 32.3 Å². The lowest BCUT2D eigenvalue weighted by molar-refractivity contribution is -0.146. The van der Waals surface area contributed by atoms with E-state index in [0.29, 0.717) is 18.0 Å². The molecule has 1 aliphatic carbocycles. The van der Waals surface area contributed by atoms with Gasteiger partial charge in [0, 0.05) is 10.9 Å². The third-order valence-corrected chi connectivity index (χ3v) is 5.24. The number of hydrogen-bond acceptors (Lipinski definition) is 4. The van der Waals surface area contributed by atoms with Crippen LogP contribution in [-0.2, 0) is 9.59 Å². The number of aliphatic carboxylic acids is 1. The van der Waals surface area contributed by atoms with Gasteiger partial charge in [-0.3, -0.25) is 9.59 Å². The van der Waals surface area contributed by atoms with Gasteiger partial charge in [0.05, 0.1) is 17.5 Å². The number of thiazole rings is 1. The SMILES string of the molecule is Cc1ccc(-c2csc(NC(=O)C3CC=CCC3C(=O)O)n2)c(C)c1. The molecule has 2 aromatic rings. The molecule has 0 fully saturated rings. The largest absolute Gasteiger partial charge is 0.481 e. The van der Waals surface area contributed by atoms with Crippen molar-refractivity contribution in [1.82, 2.24) is 4.98 Å². The molecule has 0 saturated heterocycles. The lowest BCUT2D eigenvalue weighted by atomic mass is 9.82. The number of carbonyl (C=O) groups is 2. The van der Waals surface area contributed by atoms with E-state index in [1.807, 2.05) is 43.5 Å². The summed E-state index contributed by atoms with van der Waals surface area (Å²) in [6.45, 7) is 4.08. The minimum absolute atomic E-state index is 0.279. The van der Waals surface area contributed by atoms with E-state index < -0.39 is 17.8 Å². The fourth-order valence-corrected chi connectivity index (χ4v) is 3.84. The van der Waals surface area contributed by atoms with Gasteiger partial charge in [0.25, 0.3) is 0 Å². The van der Waals surface area contributed by atoms with Crippen molar-refractivity contribution in [2.75, 3.05) is 5.32 Å². The number of carboxylic acids is 1. The van der Waals surface area contributed by atoms with Crippen LogP contribution in [-0.4, -0.2) is 22.0 Å². The molecule has 3 rings (SSSR count). The maximum absolute atomic E-state index is 12.5. The summed E-state index contributed by atoms with van der Waals surface area (Å²) in [6.07, 6.45) is 4.52. The van der Waals surface area contributed by atoms with Gasteiger partial charge in [0.15, 0.2) is 5.13 Å². The number of benzene rings is 1. The Kier molecular flexibility index (Phi) is 4.99. The van der Waals surface area contributed by atoms with Gasteiger partial charge in [-0.15, -0.1) is 11.3 Å². The first-order chi connectivity index (χ1) is 12.0. The third-order valence-electron chi connectivity index (χ3n) is 4.48. The Morgan fingerprint density at radius 3 is 2.60 bits per heavy atom. The first kappa shape index (κ1) is 17.4. The maximum Gasteiger partial charge on any atom is 0.307 e. The van der Waals surface area contributed by atoms with Crippen LogP contribution in [0.5, 0.6) is 0 Å². The van der Waals surface area contributed by atoms with Crippen LogP contribution in [0, 0.1) is 25.7 Å². The number of amides is 1. The highest BCUT2D eigenvalue weighted by Crippen LogP contribution is 2.30. The van der Waals surface area contributed by atoms with E-state index in [0.717, 1.165) is 16.8 Å². The Balaban J connectivity index is 1.76. The van der Waals surface area contributed by atoms with Gasteiger partial charge in [-0.2, -0.15) is 0 Å². The van der Waals surface area contributed by atoms with Crippen LogP contribution >= 0.6 is 11.3 Å². The summed E-state index contributed by atoms with van der Waals surface area (Å²) >= 11 is 1.35. The molecule has 1 aromatic heterocycles. The zero-order chi connectivity index (χ0) is 18.0. The quantitative estimate of drug-likeness (QED) is 0.811. The van der Waals surface area contributed by atoms with E-state index in [2.05, 4.69) is 16.4 Å². The van der Waals surface area contributed by atoms with Gasteiger partial charge < -0.3 is 10.4 Å². The molecule has 5 nitrogen and oxygen atoms in total. The number of aryl methyl sites for hydroxylation is 2. The third kappa shape index (κ3) is 3.79. The number of carboxylic acid groups (broad SMARTS) is 1. The van der Waals surface area contributed by atoms with Crippen LogP contribution in [0.25, 0.3) is 11.3 Å². The van der Waals surface area contributed by atoms with Crippen LogP contribution in [0.15, 0.2) is 35.7 Å². The second-order valence-electron chi connectivity index (χ2n) is 6.34. The molecule has 6 heteroatoms. The fraction of sp³-hybridized carbons (Fsp3) is 0.316. The molecule has 1 heterocycles. The van der Waals surface area contributed by atoms with Crippen LogP contribution in [0.3, 0.4) is 0 Å². The highest BCUT2D eigenvalue weighted by atomic mass is 32.1. The first-order valence-corrected chi connectivity index (χ1v) is 9.05. The highest BCUT2D eigenvalue weighted by molar-refractivity contribution is 7.14. The van der Waals surface area contributed by atoms with Crippen LogP contribution < -0.4 is 5.32 Å². The Morgan fingerprint density at radius 2 is 1.92 bits per heavy atom. The molecule has 2 unspecified atom stereocenters. The summed E-state index contributed by atoms with van der Waals surface area (Å²) in [5.74, 6) is -2.45. The minimum atomic E-state index is -0.931. The molecule has 1 aliphatic rings. The number of anilines is 1. The molecule has 0 spiro atoms. The normalized spacial score (nSPS) is 19.6. The molecule has 25 heavy (non-hydrogen) atoms. The molecule has 2 atom stereocenters. The lowest BCUT2D eigenvalue weighted by Gasteiger charge is -2.23. The average Bonchev–Trinajstić information content (AvgIpc) is 3.02. The van der Waals surface area contributed by atoms with Crippen LogP contribution in [0.2, 0.25) is 0 Å². The van der Waals surface area contributed by atoms with E-state index >= 15 is 0 Å². The van der Waals surface area contributed by atoms with Crippen molar-refractivity contribution in [3.8, 4) is 11.3 Å². The van der Waals surface area contributed by atoms with Crippen molar-refractivity contribution >= 4 is 28.3 Å². The smallest absolute Gasteiger partial charge is 0.307 e. The van der Waals surface area contributed by atoms with E-state index in [9.17, 15) is 14.7 Å². The van der Waals surface area contributed by atoms with Gasteiger partial charge in [-0.25, -0.2) is 4.98 Å². The van der Waals surface area contributed by atoms with Crippen molar-refractivity contribution in [2.45, 2.75) is 26.7 Å². The Morgan fingerprint density at radius 1 is 1.20 bits per heavy atom. The van der Waals surface area contributed by atoms with Gasteiger partial charge in [0.2, 0.25) is 5.91 Å². The number of carbonyl (C=O) groups excluding carboxylic acids is 1. The molecule has 0 bridgehead atoms. The molecule has 130 valence electrons. The summed E-state index contributed by atoms with van der Waals surface area (Å²) in [4.78, 5) is 28.3. The first-order valence-electron chi connectivity index (χ1n) is 8.17. The molecule has 0 aliphatic heterocycles. The monoisotopic (exact) mass is 356 g/mol.